The molecule has 90 valence electrons. The van der Waals surface area contributed by atoms with Crippen molar-refractivity contribution < 1.29 is 8.42 Å². The van der Waals surface area contributed by atoms with E-state index in [4.69, 9.17) is 11.6 Å². The molecule has 0 fully saturated rings. The van der Waals surface area contributed by atoms with Crippen LogP contribution in [0, 0.1) is 6.92 Å². The van der Waals surface area contributed by atoms with Gasteiger partial charge < -0.3 is 0 Å². The first-order valence-electron chi connectivity index (χ1n) is 4.54. The largest absolute Gasteiger partial charge is 0.266 e. The zero-order chi connectivity index (χ0) is 12.5. The van der Waals surface area contributed by atoms with Crippen LogP contribution in [0.2, 0.25) is 5.15 Å². The number of rotatable bonds is 3. The molecule has 2 rings (SSSR count). The van der Waals surface area contributed by atoms with Crippen LogP contribution in [0.3, 0.4) is 0 Å². The minimum atomic E-state index is -3.73. The number of aromatic nitrogens is 2. The number of pyridine rings is 1. The summed E-state index contributed by atoms with van der Waals surface area (Å²) >= 11 is 6.94. The van der Waals surface area contributed by atoms with Gasteiger partial charge in [0.05, 0.1) is 5.69 Å². The minimum absolute atomic E-state index is 0.0606. The highest BCUT2D eigenvalue weighted by atomic mass is 35.5. The van der Waals surface area contributed by atoms with Gasteiger partial charge in [0.1, 0.15) is 10.0 Å². The first-order valence-corrected chi connectivity index (χ1v) is 7.28. The molecule has 0 aliphatic rings. The lowest BCUT2D eigenvalue weighted by molar-refractivity contribution is 0.601. The monoisotopic (exact) mass is 289 g/mol. The molecule has 0 bridgehead atoms. The molecule has 2 aromatic heterocycles. The predicted octanol–water partition coefficient (Wildman–Crippen LogP) is 2.30. The van der Waals surface area contributed by atoms with Crippen molar-refractivity contribution in [3.63, 3.8) is 0 Å². The Balaban J connectivity index is 2.35. The number of nitrogens with one attached hydrogen (secondary N) is 1. The third kappa shape index (κ3) is 2.74. The first kappa shape index (κ1) is 12.3. The Morgan fingerprint density at radius 1 is 1.47 bits per heavy atom. The van der Waals surface area contributed by atoms with Crippen LogP contribution < -0.4 is 4.72 Å². The number of anilines is 1. The number of hydrogen-bond acceptors (Lipinski definition) is 5. The smallest absolute Gasteiger partial charge is 0.255 e. The van der Waals surface area contributed by atoms with Gasteiger partial charge in [0, 0.05) is 11.6 Å². The summed E-state index contributed by atoms with van der Waals surface area (Å²) in [7, 11) is -3.73. The SMILES string of the molecule is Cc1csc(NS(=O)(=O)c2cccnc2Cl)n1. The van der Waals surface area contributed by atoms with Gasteiger partial charge in [-0.2, -0.15) is 0 Å². The highest BCUT2D eigenvalue weighted by Gasteiger charge is 2.19. The summed E-state index contributed by atoms with van der Waals surface area (Å²) in [5, 5.41) is 2.00. The van der Waals surface area contributed by atoms with Gasteiger partial charge in [-0.05, 0) is 19.1 Å². The molecule has 0 saturated carbocycles. The van der Waals surface area contributed by atoms with Crippen LogP contribution in [-0.2, 0) is 10.0 Å². The van der Waals surface area contributed by atoms with E-state index >= 15 is 0 Å². The summed E-state index contributed by atoms with van der Waals surface area (Å²) in [6.45, 7) is 1.78. The molecular weight excluding hydrogens is 282 g/mol. The second-order valence-corrected chi connectivity index (χ2v) is 6.06. The summed E-state index contributed by atoms with van der Waals surface area (Å²) in [5.41, 5.74) is 0.755. The molecule has 0 aliphatic carbocycles. The van der Waals surface area contributed by atoms with Gasteiger partial charge in [-0.15, -0.1) is 11.3 Å². The Morgan fingerprint density at radius 3 is 2.82 bits per heavy atom. The summed E-state index contributed by atoms with van der Waals surface area (Å²) in [4.78, 5) is 7.68. The van der Waals surface area contributed by atoms with E-state index in [-0.39, 0.29) is 10.0 Å². The Kier molecular flexibility index (Phi) is 3.32. The zero-order valence-electron chi connectivity index (χ0n) is 8.71. The van der Waals surface area contributed by atoms with Gasteiger partial charge in [0.2, 0.25) is 0 Å². The Bertz CT molecular complexity index is 639. The van der Waals surface area contributed by atoms with E-state index in [2.05, 4.69) is 14.7 Å². The van der Waals surface area contributed by atoms with Crippen molar-refractivity contribution in [1.82, 2.24) is 9.97 Å². The van der Waals surface area contributed by atoms with Crippen molar-refractivity contribution in [2.24, 2.45) is 0 Å². The van der Waals surface area contributed by atoms with Crippen LogP contribution in [0.1, 0.15) is 5.69 Å². The fraction of sp³-hybridized carbons (Fsp3) is 0.111. The Hall–Kier alpha value is -1.18. The van der Waals surface area contributed by atoms with Crippen LogP contribution in [0.15, 0.2) is 28.6 Å². The minimum Gasteiger partial charge on any atom is -0.255 e. The van der Waals surface area contributed by atoms with Crippen LogP contribution in [0.4, 0.5) is 5.13 Å². The van der Waals surface area contributed by atoms with Gasteiger partial charge >= 0.3 is 0 Å². The summed E-state index contributed by atoms with van der Waals surface area (Å²) < 4.78 is 26.3. The summed E-state index contributed by atoms with van der Waals surface area (Å²) in [6, 6.07) is 2.89. The van der Waals surface area contributed by atoms with Crippen LogP contribution >= 0.6 is 22.9 Å². The second-order valence-electron chi connectivity index (χ2n) is 3.19. The number of thiazole rings is 1. The Morgan fingerprint density at radius 2 is 2.24 bits per heavy atom. The number of aryl methyl sites for hydroxylation is 1. The molecule has 8 heteroatoms. The molecule has 2 aromatic rings. The highest BCUT2D eigenvalue weighted by molar-refractivity contribution is 7.93. The lowest BCUT2D eigenvalue weighted by atomic mass is 10.5. The maximum atomic E-state index is 12.0. The molecule has 0 saturated heterocycles. The molecule has 0 atom stereocenters. The second kappa shape index (κ2) is 4.59. The molecule has 17 heavy (non-hydrogen) atoms. The molecular formula is C9H8ClN3O2S2. The fourth-order valence-corrected chi connectivity index (χ4v) is 3.54. The van der Waals surface area contributed by atoms with E-state index in [9.17, 15) is 8.42 Å². The maximum absolute atomic E-state index is 12.0. The number of sulfonamides is 1. The summed E-state index contributed by atoms with van der Waals surface area (Å²) in [5.74, 6) is 0. The topological polar surface area (TPSA) is 72.0 Å². The average Bonchev–Trinajstić information content (AvgIpc) is 2.63. The molecule has 1 N–H and O–H groups in total. The number of nitrogens with zero attached hydrogens (tertiary/aromatic N) is 2. The van der Waals surface area contributed by atoms with Gasteiger partial charge in [-0.3, -0.25) is 4.72 Å². The quantitative estimate of drug-likeness (QED) is 0.880. The normalized spacial score (nSPS) is 11.4. The summed E-state index contributed by atoms with van der Waals surface area (Å²) in [6.07, 6.45) is 1.43. The highest BCUT2D eigenvalue weighted by Crippen LogP contribution is 2.23. The lowest BCUT2D eigenvalue weighted by Crippen LogP contribution is -2.13. The predicted molar refractivity (Wildman–Crippen MR) is 66.9 cm³/mol. The van der Waals surface area contributed by atoms with E-state index in [0.29, 0.717) is 5.13 Å². The van der Waals surface area contributed by atoms with Crippen LogP contribution in [-0.4, -0.2) is 18.4 Å². The number of halogens is 1. The van der Waals surface area contributed by atoms with Crippen molar-refractivity contribution in [3.05, 3.63) is 34.6 Å². The van der Waals surface area contributed by atoms with Gasteiger partial charge in [0.15, 0.2) is 5.13 Å². The van der Waals surface area contributed by atoms with Crippen molar-refractivity contribution in [2.75, 3.05) is 4.72 Å². The van der Waals surface area contributed by atoms with E-state index < -0.39 is 10.0 Å². The molecule has 2 heterocycles. The van der Waals surface area contributed by atoms with E-state index in [1.807, 2.05) is 0 Å². The van der Waals surface area contributed by atoms with E-state index in [1.54, 1.807) is 12.3 Å². The third-order valence-corrected chi connectivity index (χ3v) is 4.64. The standard InChI is InChI=1S/C9H8ClN3O2S2/c1-6-5-16-9(12-6)13-17(14,15)7-3-2-4-11-8(7)10/h2-5H,1H3,(H,12,13). The molecule has 0 aliphatic heterocycles. The number of hydrogen-bond donors (Lipinski definition) is 1. The van der Waals surface area contributed by atoms with E-state index in [1.165, 1.54) is 29.7 Å². The molecule has 0 amide bonds. The molecule has 0 radical (unpaired) electrons. The van der Waals surface area contributed by atoms with Crippen molar-refractivity contribution >= 4 is 38.1 Å². The molecule has 5 nitrogen and oxygen atoms in total. The zero-order valence-corrected chi connectivity index (χ0v) is 11.1. The van der Waals surface area contributed by atoms with E-state index in [0.717, 1.165) is 5.69 Å². The van der Waals surface area contributed by atoms with Crippen molar-refractivity contribution in [2.45, 2.75) is 11.8 Å². The maximum Gasteiger partial charge on any atom is 0.266 e. The van der Waals surface area contributed by atoms with Crippen LogP contribution in [0.25, 0.3) is 0 Å². The Labute approximate surface area is 108 Å². The first-order chi connectivity index (χ1) is 7.99. The molecule has 0 spiro atoms. The molecule has 0 unspecified atom stereocenters. The van der Waals surface area contributed by atoms with Gasteiger partial charge in [-0.25, -0.2) is 18.4 Å². The van der Waals surface area contributed by atoms with Crippen molar-refractivity contribution in [3.8, 4) is 0 Å². The van der Waals surface area contributed by atoms with Crippen LogP contribution in [0.5, 0.6) is 0 Å². The lowest BCUT2D eigenvalue weighted by Gasteiger charge is -2.05. The fourth-order valence-electron chi connectivity index (χ4n) is 1.14. The average molecular weight is 290 g/mol. The van der Waals surface area contributed by atoms with Crippen molar-refractivity contribution in [1.29, 1.82) is 0 Å². The van der Waals surface area contributed by atoms with Gasteiger partial charge in [0.25, 0.3) is 10.0 Å². The van der Waals surface area contributed by atoms with Gasteiger partial charge in [-0.1, -0.05) is 11.6 Å². The third-order valence-electron chi connectivity index (χ3n) is 1.86. The molecule has 0 aromatic carbocycles.